The molecule has 0 aliphatic carbocycles. The van der Waals surface area contributed by atoms with Gasteiger partial charge in [-0.15, -0.1) is 0 Å². The van der Waals surface area contributed by atoms with E-state index in [1.54, 1.807) is 24.3 Å². The highest BCUT2D eigenvalue weighted by molar-refractivity contribution is 5.97. The van der Waals surface area contributed by atoms with Crippen LogP contribution in [-0.4, -0.2) is 5.78 Å². The number of hydrogen-bond donors (Lipinski definition) is 0. The third kappa shape index (κ3) is 3.36. The van der Waals surface area contributed by atoms with Crippen LogP contribution >= 0.6 is 0 Å². The van der Waals surface area contributed by atoms with Crippen LogP contribution in [0.3, 0.4) is 0 Å². The largest absolute Gasteiger partial charge is 0.294 e. The van der Waals surface area contributed by atoms with Gasteiger partial charge in [-0.3, -0.25) is 4.79 Å². The van der Waals surface area contributed by atoms with Crippen LogP contribution in [0.25, 0.3) is 6.08 Å². The Morgan fingerprint density at radius 2 is 1.81 bits per heavy atom. The molecule has 0 amide bonds. The van der Waals surface area contributed by atoms with Crippen LogP contribution in [0, 0.1) is 16.7 Å². The van der Waals surface area contributed by atoms with Gasteiger partial charge < -0.3 is 0 Å². The second kappa shape index (κ2) is 4.76. The lowest BCUT2D eigenvalue weighted by atomic mass is 9.90. The fraction of sp³-hybridized carbons (Fsp3) is 0.286. The maximum atomic E-state index is 11.6. The zero-order chi connectivity index (χ0) is 12.2. The predicted octanol–water partition coefficient (Wildman–Crippen LogP) is 3.19. The minimum Gasteiger partial charge on any atom is -0.294 e. The van der Waals surface area contributed by atoms with Gasteiger partial charge in [-0.05, 0) is 23.8 Å². The van der Waals surface area contributed by atoms with Crippen molar-refractivity contribution < 1.29 is 4.79 Å². The van der Waals surface area contributed by atoms with Crippen LogP contribution in [0.1, 0.15) is 31.9 Å². The number of ketones is 1. The summed E-state index contributed by atoms with van der Waals surface area (Å²) in [5.41, 5.74) is 1.21. The summed E-state index contributed by atoms with van der Waals surface area (Å²) in [4.78, 5) is 11.6. The van der Waals surface area contributed by atoms with E-state index in [1.807, 2.05) is 32.9 Å². The van der Waals surface area contributed by atoms with Gasteiger partial charge in [0.05, 0.1) is 11.6 Å². The van der Waals surface area contributed by atoms with Crippen molar-refractivity contribution in [3.05, 3.63) is 41.5 Å². The molecule has 0 aromatic heterocycles. The number of rotatable bonds is 2. The lowest BCUT2D eigenvalue weighted by molar-refractivity contribution is -0.121. The van der Waals surface area contributed by atoms with E-state index in [-0.39, 0.29) is 11.2 Å². The van der Waals surface area contributed by atoms with E-state index in [0.29, 0.717) is 5.56 Å². The Bertz CT molecular complexity index is 441. The van der Waals surface area contributed by atoms with Crippen molar-refractivity contribution in [3.8, 4) is 6.07 Å². The molecule has 82 valence electrons. The summed E-state index contributed by atoms with van der Waals surface area (Å²) in [5, 5.41) is 8.63. The second-order valence-electron chi connectivity index (χ2n) is 4.68. The average molecular weight is 213 g/mol. The first-order valence-corrected chi connectivity index (χ1v) is 5.16. The molecule has 0 spiro atoms. The molecule has 0 bridgehead atoms. The van der Waals surface area contributed by atoms with Gasteiger partial charge in [0.25, 0.3) is 0 Å². The highest BCUT2D eigenvalue weighted by Gasteiger charge is 2.17. The van der Waals surface area contributed by atoms with Crippen molar-refractivity contribution in [2.24, 2.45) is 5.41 Å². The molecule has 0 atom stereocenters. The zero-order valence-corrected chi connectivity index (χ0v) is 9.82. The Morgan fingerprint density at radius 3 is 2.25 bits per heavy atom. The summed E-state index contributed by atoms with van der Waals surface area (Å²) < 4.78 is 0. The van der Waals surface area contributed by atoms with E-state index in [4.69, 9.17) is 5.26 Å². The molecule has 1 aromatic carbocycles. The van der Waals surface area contributed by atoms with Crippen molar-refractivity contribution in [1.29, 1.82) is 5.26 Å². The normalized spacial score (nSPS) is 11.4. The number of carbonyl (C=O) groups excluding carboxylic acids is 1. The molecule has 0 heterocycles. The van der Waals surface area contributed by atoms with E-state index >= 15 is 0 Å². The number of carbonyl (C=O) groups is 1. The first kappa shape index (κ1) is 12.2. The molecule has 0 aliphatic heterocycles. The third-order valence-corrected chi connectivity index (χ3v) is 2.21. The molecule has 0 N–H and O–H groups in total. The Morgan fingerprint density at radius 1 is 1.25 bits per heavy atom. The highest BCUT2D eigenvalue weighted by Crippen LogP contribution is 2.16. The van der Waals surface area contributed by atoms with Gasteiger partial charge >= 0.3 is 0 Å². The lowest BCUT2D eigenvalue weighted by Crippen LogP contribution is -2.17. The van der Waals surface area contributed by atoms with Gasteiger partial charge in [0, 0.05) is 5.41 Å². The van der Waals surface area contributed by atoms with Crippen molar-refractivity contribution >= 4 is 11.9 Å². The minimum atomic E-state index is -0.344. The van der Waals surface area contributed by atoms with Crippen molar-refractivity contribution in [2.45, 2.75) is 20.8 Å². The summed E-state index contributed by atoms with van der Waals surface area (Å²) in [7, 11) is 0. The number of nitrogens with zero attached hydrogens (tertiary/aromatic N) is 1. The van der Waals surface area contributed by atoms with Crippen LogP contribution < -0.4 is 0 Å². The van der Waals surface area contributed by atoms with Gasteiger partial charge in [0.1, 0.15) is 0 Å². The number of nitriles is 1. The van der Waals surface area contributed by atoms with Gasteiger partial charge in [-0.1, -0.05) is 39.0 Å². The van der Waals surface area contributed by atoms with Crippen molar-refractivity contribution in [2.75, 3.05) is 0 Å². The van der Waals surface area contributed by atoms with Crippen LogP contribution in [-0.2, 0) is 4.79 Å². The Hall–Kier alpha value is -1.88. The highest BCUT2D eigenvalue weighted by atomic mass is 16.1. The zero-order valence-electron chi connectivity index (χ0n) is 9.82. The predicted molar refractivity (Wildman–Crippen MR) is 64.7 cm³/mol. The summed E-state index contributed by atoms with van der Waals surface area (Å²) in [6.07, 6.45) is 3.36. The van der Waals surface area contributed by atoms with Gasteiger partial charge in [-0.2, -0.15) is 5.26 Å². The molecule has 1 rings (SSSR count). The Kier molecular flexibility index (Phi) is 3.63. The van der Waals surface area contributed by atoms with Crippen molar-refractivity contribution in [1.82, 2.24) is 0 Å². The van der Waals surface area contributed by atoms with Crippen LogP contribution in [0.5, 0.6) is 0 Å². The van der Waals surface area contributed by atoms with E-state index in [1.165, 1.54) is 0 Å². The second-order valence-corrected chi connectivity index (χ2v) is 4.68. The monoisotopic (exact) mass is 213 g/mol. The first-order valence-electron chi connectivity index (χ1n) is 5.16. The number of allylic oxidation sites excluding steroid dienone is 1. The summed E-state index contributed by atoms with van der Waals surface area (Å²) in [6.45, 7) is 5.66. The van der Waals surface area contributed by atoms with Crippen LogP contribution in [0.15, 0.2) is 30.3 Å². The topological polar surface area (TPSA) is 40.9 Å². The molecule has 0 saturated carbocycles. The quantitative estimate of drug-likeness (QED) is 0.708. The summed E-state index contributed by atoms with van der Waals surface area (Å²) in [5.74, 6) is 0.0943. The number of hydrogen-bond acceptors (Lipinski definition) is 2. The fourth-order valence-corrected chi connectivity index (χ4v) is 1.09. The van der Waals surface area contributed by atoms with Gasteiger partial charge in [0.2, 0.25) is 0 Å². The molecule has 2 nitrogen and oxygen atoms in total. The standard InChI is InChI=1S/C14H15NO/c1-14(2,3)13(16)9-8-11-4-6-12(10-15)7-5-11/h4-9H,1-3H3/b9-8+. The minimum absolute atomic E-state index is 0.0943. The Balaban J connectivity index is 2.78. The van der Waals surface area contributed by atoms with E-state index in [0.717, 1.165) is 5.56 Å². The van der Waals surface area contributed by atoms with Crippen LogP contribution in [0.4, 0.5) is 0 Å². The van der Waals surface area contributed by atoms with E-state index in [9.17, 15) is 4.79 Å². The van der Waals surface area contributed by atoms with Crippen LogP contribution in [0.2, 0.25) is 0 Å². The smallest absolute Gasteiger partial charge is 0.161 e. The molecule has 1 aromatic rings. The third-order valence-electron chi connectivity index (χ3n) is 2.21. The molecular formula is C14H15NO. The Labute approximate surface area is 96.2 Å². The van der Waals surface area contributed by atoms with Gasteiger partial charge in [-0.25, -0.2) is 0 Å². The molecular weight excluding hydrogens is 198 g/mol. The molecule has 0 radical (unpaired) electrons. The van der Waals surface area contributed by atoms with Crippen molar-refractivity contribution in [3.63, 3.8) is 0 Å². The SMILES string of the molecule is CC(C)(C)C(=O)/C=C/c1ccc(C#N)cc1. The van der Waals surface area contributed by atoms with E-state index in [2.05, 4.69) is 6.07 Å². The molecule has 0 unspecified atom stereocenters. The molecule has 16 heavy (non-hydrogen) atoms. The summed E-state index contributed by atoms with van der Waals surface area (Å²) >= 11 is 0. The molecule has 0 saturated heterocycles. The molecule has 2 heteroatoms. The van der Waals surface area contributed by atoms with Gasteiger partial charge in [0.15, 0.2) is 5.78 Å². The fourth-order valence-electron chi connectivity index (χ4n) is 1.09. The molecule has 0 fully saturated rings. The number of benzene rings is 1. The lowest BCUT2D eigenvalue weighted by Gasteiger charge is -2.12. The molecule has 0 aliphatic rings. The first-order chi connectivity index (χ1) is 7.43. The average Bonchev–Trinajstić information content (AvgIpc) is 2.25. The maximum Gasteiger partial charge on any atom is 0.161 e. The van der Waals surface area contributed by atoms with E-state index < -0.39 is 0 Å². The maximum absolute atomic E-state index is 11.6. The summed E-state index contributed by atoms with van der Waals surface area (Å²) in [6, 6.07) is 9.18.